The van der Waals surface area contributed by atoms with Crippen molar-refractivity contribution in [3.8, 4) is 0 Å². The predicted molar refractivity (Wildman–Crippen MR) is 90.7 cm³/mol. The van der Waals surface area contributed by atoms with Crippen LogP contribution in [0.4, 0.5) is 5.69 Å². The minimum atomic E-state index is -0.643. The SMILES string of the molecule is N[C@@H]1CCCN(C(=O)[C@H]2CCN(c3cc(Cl)ccc3Cl)C2=O)C1. The van der Waals surface area contributed by atoms with Gasteiger partial charge in [-0.1, -0.05) is 23.2 Å². The van der Waals surface area contributed by atoms with Gasteiger partial charge in [-0.05, 0) is 37.5 Å². The molecule has 0 saturated carbocycles. The fraction of sp³-hybridized carbons (Fsp3) is 0.500. The summed E-state index contributed by atoms with van der Waals surface area (Å²) >= 11 is 12.2. The van der Waals surface area contributed by atoms with Gasteiger partial charge in [0, 0.05) is 30.7 Å². The van der Waals surface area contributed by atoms with E-state index in [9.17, 15) is 9.59 Å². The molecule has 7 heteroatoms. The average Bonchev–Trinajstić information content (AvgIpc) is 2.90. The molecule has 2 N–H and O–H groups in total. The van der Waals surface area contributed by atoms with Crippen LogP contribution in [0, 0.1) is 5.92 Å². The predicted octanol–water partition coefficient (Wildman–Crippen LogP) is 2.30. The van der Waals surface area contributed by atoms with Crippen LogP contribution in [0.5, 0.6) is 0 Å². The van der Waals surface area contributed by atoms with Gasteiger partial charge in [-0.15, -0.1) is 0 Å². The second-order valence-corrected chi connectivity index (χ2v) is 6.96. The number of rotatable bonds is 2. The Morgan fingerprint density at radius 2 is 2.00 bits per heavy atom. The Labute approximate surface area is 145 Å². The lowest BCUT2D eigenvalue weighted by Crippen LogP contribution is -2.49. The van der Waals surface area contributed by atoms with E-state index in [1.54, 1.807) is 28.0 Å². The smallest absolute Gasteiger partial charge is 0.239 e. The Hall–Kier alpha value is -1.30. The van der Waals surface area contributed by atoms with Crippen molar-refractivity contribution in [2.45, 2.75) is 25.3 Å². The zero-order valence-electron chi connectivity index (χ0n) is 12.7. The summed E-state index contributed by atoms with van der Waals surface area (Å²) < 4.78 is 0. The summed E-state index contributed by atoms with van der Waals surface area (Å²) in [6, 6.07) is 4.99. The molecule has 2 saturated heterocycles. The van der Waals surface area contributed by atoms with Crippen molar-refractivity contribution in [2.24, 2.45) is 11.7 Å². The largest absolute Gasteiger partial charge is 0.340 e. The number of halogens is 2. The van der Waals surface area contributed by atoms with Crippen LogP contribution >= 0.6 is 23.2 Å². The number of amides is 2. The third kappa shape index (κ3) is 3.32. The van der Waals surface area contributed by atoms with Gasteiger partial charge >= 0.3 is 0 Å². The monoisotopic (exact) mass is 355 g/mol. The number of hydrogen-bond donors (Lipinski definition) is 1. The highest BCUT2D eigenvalue weighted by molar-refractivity contribution is 6.36. The first kappa shape index (κ1) is 16.6. The highest BCUT2D eigenvalue weighted by Crippen LogP contribution is 2.34. The maximum absolute atomic E-state index is 12.7. The molecular formula is C16H19Cl2N3O2. The summed E-state index contributed by atoms with van der Waals surface area (Å²) in [7, 11) is 0. The molecule has 1 aromatic carbocycles. The molecule has 5 nitrogen and oxygen atoms in total. The highest BCUT2D eigenvalue weighted by atomic mass is 35.5. The second kappa shape index (κ2) is 6.67. The lowest BCUT2D eigenvalue weighted by atomic mass is 10.0. The van der Waals surface area contributed by atoms with Crippen LogP contribution in [-0.4, -0.2) is 42.4 Å². The number of hydrogen-bond acceptors (Lipinski definition) is 3. The molecule has 2 heterocycles. The number of nitrogens with zero attached hydrogens (tertiary/aromatic N) is 2. The number of carbonyl (C=O) groups is 2. The molecule has 0 radical (unpaired) electrons. The Bertz CT molecular complexity index is 638. The van der Waals surface area contributed by atoms with Gasteiger partial charge in [0.25, 0.3) is 0 Å². The van der Waals surface area contributed by atoms with E-state index >= 15 is 0 Å². The van der Waals surface area contributed by atoms with E-state index in [2.05, 4.69) is 0 Å². The first-order valence-electron chi connectivity index (χ1n) is 7.78. The van der Waals surface area contributed by atoms with Crippen LogP contribution in [0.1, 0.15) is 19.3 Å². The molecule has 23 heavy (non-hydrogen) atoms. The number of nitrogens with two attached hydrogens (primary N) is 1. The van der Waals surface area contributed by atoms with E-state index in [1.165, 1.54) is 0 Å². The molecular weight excluding hydrogens is 337 g/mol. The van der Waals surface area contributed by atoms with Gasteiger partial charge in [0.2, 0.25) is 11.8 Å². The zero-order valence-corrected chi connectivity index (χ0v) is 14.2. The van der Waals surface area contributed by atoms with Gasteiger partial charge in [0.1, 0.15) is 5.92 Å². The van der Waals surface area contributed by atoms with Gasteiger partial charge in [-0.25, -0.2) is 0 Å². The van der Waals surface area contributed by atoms with Gasteiger partial charge in [0.05, 0.1) is 10.7 Å². The molecule has 0 spiro atoms. The maximum Gasteiger partial charge on any atom is 0.239 e. The van der Waals surface area contributed by atoms with Crippen LogP contribution in [-0.2, 0) is 9.59 Å². The highest BCUT2D eigenvalue weighted by Gasteiger charge is 2.40. The summed E-state index contributed by atoms with van der Waals surface area (Å²) in [6.45, 7) is 1.67. The third-order valence-corrected chi connectivity index (χ3v) is 5.03. The maximum atomic E-state index is 12.7. The van der Waals surface area contributed by atoms with E-state index in [0.717, 1.165) is 12.8 Å². The molecule has 2 fully saturated rings. The normalized spacial score (nSPS) is 25.1. The van der Waals surface area contributed by atoms with Crippen molar-refractivity contribution in [3.05, 3.63) is 28.2 Å². The minimum absolute atomic E-state index is 0.00248. The number of benzene rings is 1. The van der Waals surface area contributed by atoms with Gasteiger partial charge in [-0.3, -0.25) is 9.59 Å². The topological polar surface area (TPSA) is 66.6 Å². The first-order valence-corrected chi connectivity index (χ1v) is 8.54. The summed E-state index contributed by atoms with van der Waals surface area (Å²) in [4.78, 5) is 28.6. The standard InChI is InChI=1S/C16H19Cl2N3O2/c17-10-3-4-13(18)14(8-10)21-7-5-12(16(21)23)15(22)20-6-1-2-11(19)9-20/h3-4,8,11-12H,1-2,5-7,9,19H2/t11-,12-/m1/s1. The van der Waals surface area contributed by atoms with Gasteiger partial charge < -0.3 is 15.5 Å². The van der Waals surface area contributed by atoms with Crippen molar-refractivity contribution in [1.29, 1.82) is 0 Å². The molecule has 3 rings (SSSR count). The van der Waals surface area contributed by atoms with E-state index in [1.807, 2.05) is 0 Å². The van der Waals surface area contributed by atoms with Crippen LogP contribution in [0.25, 0.3) is 0 Å². The minimum Gasteiger partial charge on any atom is -0.340 e. The Balaban J connectivity index is 1.76. The second-order valence-electron chi connectivity index (χ2n) is 6.11. The lowest BCUT2D eigenvalue weighted by molar-refractivity contribution is -0.140. The van der Waals surface area contributed by atoms with Gasteiger partial charge in [-0.2, -0.15) is 0 Å². The number of likely N-dealkylation sites (tertiary alicyclic amines) is 1. The van der Waals surface area contributed by atoms with Crippen molar-refractivity contribution < 1.29 is 9.59 Å². The molecule has 2 amide bonds. The van der Waals surface area contributed by atoms with Crippen LogP contribution in [0.15, 0.2) is 18.2 Å². The summed E-state index contributed by atoms with van der Waals surface area (Å²) in [5.41, 5.74) is 6.49. The molecule has 2 aliphatic rings. The van der Waals surface area contributed by atoms with E-state index < -0.39 is 5.92 Å². The van der Waals surface area contributed by atoms with Gasteiger partial charge in [0.15, 0.2) is 0 Å². The fourth-order valence-electron chi connectivity index (χ4n) is 3.27. The third-order valence-electron chi connectivity index (χ3n) is 4.47. The molecule has 0 unspecified atom stereocenters. The van der Waals surface area contributed by atoms with E-state index in [-0.39, 0.29) is 17.9 Å². The Morgan fingerprint density at radius 3 is 2.74 bits per heavy atom. The Morgan fingerprint density at radius 1 is 1.22 bits per heavy atom. The van der Waals surface area contributed by atoms with E-state index in [0.29, 0.717) is 41.8 Å². The van der Waals surface area contributed by atoms with Crippen molar-refractivity contribution in [3.63, 3.8) is 0 Å². The van der Waals surface area contributed by atoms with Crippen molar-refractivity contribution in [2.75, 3.05) is 24.5 Å². The quantitative estimate of drug-likeness (QED) is 0.827. The number of piperidine rings is 1. The number of anilines is 1. The average molecular weight is 356 g/mol. The molecule has 2 atom stereocenters. The summed E-state index contributed by atoms with van der Waals surface area (Å²) in [6.07, 6.45) is 2.30. The van der Waals surface area contributed by atoms with Crippen LogP contribution in [0.3, 0.4) is 0 Å². The molecule has 0 aliphatic carbocycles. The van der Waals surface area contributed by atoms with Crippen molar-refractivity contribution in [1.82, 2.24) is 4.90 Å². The Kier molecular flexibility index (Phi) is 4.80. The lowest BCUT2D eigenvalue weighted by Gasteiger charge is -2.32. The molecule has 124 valence electrons. The van der Waals surface area contributed by atoms with Crippen LogP contribution in [0.2, 0.25) is 10.0 Å². The number of carbonyl (C=O) groups excluding carboxylic acids is 2. The summed E-state index contributed by atoms with van der Waals surface area (Å²) in [5, 5.41) is 0.963. The molecule has 0 bridgehead atoms. The molecule has 2 aliphatic heterocycles. The fourth-order valence-corrected chi connectivity index (χ4v) is 3.66. The summed E-state index contributed by atoms with van der Waals surface area (Å²) in [5.74, 6) is -0.973. The van der Waals surface area contributed by atoms with E-state index in [4.69, 9.17) is 28.9 Å². The van der Waals surface area contributed by atoms with Crippen LogP contribution < -0.4 is 10.6 Å². The van der Waals surface area contributed by atoms with Crippen molar-refractivity contribution >= 4 is 40.7 Å². The first-order chi connectivity index (χ1) is 11.0. The zero-order chi connectivity index (χ0) is 16.6. The molecule has 1 aromatic rings. The molecule has 0 aromatic heterocycles.